The average Bonchev–Trinajstić information content (AvgIpc) is 3.00. The lowest BCUT2D eigenvalue weighted by Gasteiger charge is -2.24. The van der Waals surface area contributed by atoms with Gasteiger partial charge in [0.2, 0.25) is 5.76 Å². The maximum Gasteiger partial charge on any atom is 0.290 e. The fourth-order valence-electron chi connectivity index (χ4n) is 3.83. The number of thioether (sulfide) groups is 1. The number of carbonyl (C=O) groups is 1. The van der Waals surface area contributed by atoms with Crippen molar-refractivity contribution in [2.75, 3.05) is 26.5 Å². The van der Waals surface area contributed by atoms with Gasteiger partial charge in [-0.15, -0.1) is 11.8 Å². The van der Waals surface area contributed by atoms with E-state index in [1.807, 2.05) is 56.5 Å². The van der Waals surface area contributed by atoms with Crippen LogP contribution in [0.2, 0.25) is 0 Å². The van der Waals surface area contributed by atoms with Crippen molar-refractivity contribution >= 4 is 28.6 Å². The minimum atomic E-state index is -0.481. The number of hydrogen-bond donors (Lipinski definition) is 0. The van der Waals surface area contributed by atoms with Crippen LogP contribution in [0, 0.1) is 13.8 Å². The summed E-state index contributed by atoms with van der Waals surface area (Å²) in [6, 6.07) is 11.2. The molecule has 1 atom stereocenters. The van der Waals surface area contributed by atoms with Crippen LogP contribution >= 0.6 is 11.8 Å². The summed E-state index contributed by atoms with van der Waals surface area (Å²) >= 11 is 1.65. The largest absolute Gasteiger partial charge is 0.450 e. The minimum Gasteiger partial charge on any atom is -0.450 e. The molecular weight excluding hydrogens is 386 g/mol. The first-order valence-corrected chi connectivity index (χ1v) is 10.7. The number of fused-ring (bicyclic) bond motifs is 2. The van der Waals surface area contributed by atoms with Gasteiger partial charge < -0.3 is 14.1 Å². The molecule has 1 aliphatic rings. The molecule has 0 fully saturated rings. The van der Waals surface area contributed by atoms with E-state index in [4.69, 9.17) is 9.15 Å². The standard InChI is InChI=1S/C23H23NO4S/c1-13-11-17-18(12-14(13)2)28-22-19(21(17)25)20(24(23(22)26)9-10-27-3)15-5-7-16(29-4)8-6-15/h5-8,11-12,20H,9-10H2,1-4H3/t20-/m0/s1. The van der Waals surface area contributed by atoms with Gasteiger partial charge in [-0.05, 0) is 61.1 Å². The monoisotopic (exact) mass is 409 g/mol. The third kappa shape index (κ3) is 3.26. The van der Waals surface area contributed by atoms with Crippen LogP contribution < -0.4 is 5.43 Å². The second-order valence-electron chi connectivity index (χ2n) is 7.27. The van der Waals surface area contributed by atoms with E-state index in [0.717, 1.165) is 21.6 Å². The van der Waals surface area contributed by atoms with Gasteiger partial charge in [0.15, 0.2) is 5.43 Å². The fourth-order valence-corrected chi connectivity index (χ4v) is 4.24. The Hall–Kier alpha value is -2.57. The molecule has 0 aliphatic carbocycles. The highest BCUT2D eigenvalue weighted by Gasteiger charge is 2.42. The average molecular weight is 410 g/mol. The molecule has 4 rings (SSSR count). The third-order valence-corrected chi connectivity index (χ3v) is 6.29. The second kappa shape index (κ2) is 7.69. The molecule has 0 N–H and O–H groups in total. The molecule has 0 unspecified atom stereocenters. The van der Waals surface area contributed by atoms with Crippen LogP contribution in [0.5, 0.6) is 0 Å². The lowest BCUT2D eigenvalue weighted by molar-refractivity contribution is 0.0663. The van der Waals surface area contributed by atoms with Crippen LogP contribution in [0.3, 0.4) is 0 Å². The molecule has 150 valence electrons. The number of ether oxygens (including phenoxy) is 1. The van der Waals surface area contributed by atoms with E-state index in [-0.39, 0.29) is 17.1 Å². The molecule has 6 heteroatoms. The normalized spacial score (nSPS) is 15.9. The topological polar surface area (TPSA) is 59.8 Å². The maximum atomic E-state index is 13.5. The molecule has 3 aromatic rings. The number of amides is 1. The minimum absolute atomic E-state index is 0.140. The Morgan fingerprint density at radius 3 is 2.45 bits per heavy atom. The van der Waals surface area contributed by atoms with Crippen molar-refractivity contribution in [3.63, 3.8) is 0 Å². The highest BCUT2D eigenvalue weighted by Crippen LogP contribution is 2.38. The van der Waals surface area contributed by atoms with E-state index in [2.05, 4.69) is 0 Å². The number of aryl methyl sites for hydroxylation is 2. The summed E-state index contributed by atoms with van der Waals surface area (Å²) in [5, 5.41) is 0.513. The molecule has 1 aliphatic heterocycles. The Labute approximate surface area is 173 Å². The molecule has 29 heavy (non-hydrogen) atoms. The summed E-state index contributed by atoms with van der Waals surface area (Å²) in [6.07, 6.45) is 2.01. The van der Waals surface area contributed by atoms with Crippen molar-refractivity contribution in [3.05, 3.63) is 74.6 Å². The molecular formula is C23H23NO4S. The van der Waals surface area contributed by atoms with Crippen LogP contribution in [0.25, 0.3) is 11.0 Å². The molecule has 0 radical (unpaired) electrons. The predicted octanol–water partition coefficient (Wildman–Crippen LogP) is 4.32. The SMILES string of the molecule is COCCN1C(=O)c2oc3cc(C)c(C)cc3c(=O)c2[C@@H]1c1ccc(SC)cc1. The van der Waals surface area contributed by atoms with Gasteiger partial charge in [0.25, 0.3) is 5.91 Å². The van der Waals surface area contributed by atoms with Crippen LogP contribution in [0.4, 0.5) is 0 Å². The first-order chi connectivity index (χ1) is 14.0. The second-order valence-corrected chi connectivity index (χ2v) is 8.15. The summed E-state index contributed by atoms with van der Waals surface area (Å²) in [6.45, 7) is 4.69. The molecule has 2 aromatic carbocycles. The predicted molar refractivity (Wildman–Crippen MR) is 115 cm³/mol. The van der Waals surface area contributed by atoms with Crippen LogP contribution in [-0.4, -0.2) is 37.3 Å². The van der Waals surface area contributed by atoms with E-state index in [9.17, 15) is 9.59 Å². The number of benzene rings is 2. The van der Waals surface area contributed by atoms with Crippen molar-refractivity contribution in [1.82, 2.24) is 4.90 Å². The maximum absolute atomic E-state index is 13.5. The first-order valence-electron chi connectivity index (χ1n) is 9.48. The van der Waals surface area contributed by atoms with Gasteiger partial charge in [-0.25, -0.2) is 0 Å². The van der Waals surface area contributed by atoms with Gasteiger partial charge in [-0.1, -0.05) is 12.1 Å². The molecule has 1 amide bonds. The number of carbonyl (C=O) groups excluding carboxylic acids is 1. The number of methoxy groups -OCH3 is 1. The highest BCUT2D eigenvalue weighted by molar-refractivity contribution is 7.98. The zero-order valence-corrected chi connectivity index (χ0v) is 17.8. The molecule has 2 heterocycles. The van der Waals surface area contributed by atoms with Crippen molar-refractivity contribution in [2.24, 2.45) is 0 Å². The summed E-state index contributed by atoms with van der Waals surface area (Å²) in [5.41, 5.74) is 3.66. The lowest BCUT2D eigenvalue weighted by atomic mass is 9.97. The Morgan fingerprint density at radius 2 is 1.79 bits per heavy atom. The van der Waals surface area contributed by atoms with E-state index in [1.54, 1.807) is 23.8 Å². The number of nitrogens with zero attached hydrogens (tertiary/aromatic N) is 1. The van der Waals surface area contributed by atoms with Gasteiger partial charge in [0, 0.05) is 18.6 Å². The van der Waals surface area contributed by atoms with E-state index >= 15 is 0 Å². The Kier molecular flexibility index (Phi) is 5.23. The molecule has 5 nitrogen and oxygen atoms in total. The smallest absolute Gasteiger partial charge is 0.290 e. The first kappa shape index (κ1) is 19.7. The van der Waals surface area contributed by atoms with Gasteiger partial charge in [-0.2, -0.15) is 0 Å². The van der Waals surface area contributed by atoms with Crippen molar-refractivity contribution < 1.29 is 13.9 Å². The summed E-state index contributed by atoms with van der Waals surface area (Å²) in [7, 11) is 1.60. The zero-order chi connectivity index (χ0) is 20.7. The molecule has 0 saturated carbocycles. The van der Waals surface area contributed by atoms with Gasteiger partial charge >= 0.3 is 0 Å². The molecule has 0 spiro atoms. The Bertz CT molecular complexity index is 1150. The van der Waals surface area contributed by atoms with Gasteiger partial charge in [0.1, 0.15) is 5.58 Å². The van der Waals surface area contributed by atoms with Crippen molar-refractivity contribution in [2.45, 2.75) is 24.8 Å². The van der Waals surface area contributed by atoms with Crippen molar-refractivity contribution in [3.8, 4) is 0 Å². The van der Waals surface area contributed by atoms with E-state index in [0.29, 0.717) is 29.7 Å². The summed E-state index contributed by atoms with van der Waals surface area (Å²) < 4.78 is 11.2. The molecule has 0 bridgehead atoms. The van der Waals surface area contributed by atoms with Crippen LogP contribution in [-0.2, 0) is 4.74 Å². The zero-order valence-electron chi connectivity index (χ0n) is 16.9. The Morgan fingerprint density at radius 1 is 1.10 bits per heavy atom. The third-order valence-electron chi connectivity index (χ3n) is 5.55. The van der Waals surface area contributed by atoms with E-state index in [1.165, 1.54) is 0 Å². The number of hydrogen-bond acceptors (Lipinski definition) is 5. The highest BCUT2D eigenvalue weighted by atomic mass is 32.2. The summed E-state index contributed by atoms with van der Waals surface area (Å²) in [5.74, 6) is -0.131. The van der Waals surface area contributed by atoms with Gasteiger partial charge in [0.05, 0.1) is 23.6 Å². The van der Waals surface area contributed by atoms with Crippen molar-refractivity contribution in [1.29, 1.82) is 0 Å². The quantitative estimate of drug-likeness (QED) is 0.587. The lowest BCUT2D eigenvalue weighted by Crippen LogP contribution is -2.32. The van der Waals surface area contributed by atoms with Crippen LogP contribution in [0.15, 0.2) is 50.5 Å². The van der Waals surface area contributed by atoms with Crippen LogP contribution in [0.1, 0.15) is 38.9 Å². The van der Waals surface area contributed by atoms with E-state index < -0.39 is 6.04 Å². The summed E-state index contributed by atoms with van der Waals surface area (Å²) in [4.78, 5) is 29.5. The number of rotatable bonds is 5. The molecule has 1 aromatic heterocycles. The Balaban J connectivity index is 1.95. The molecule has 0 saturated heterocycles. The van der Waals surface area contributed by atoms with Gasteiger partial charge in [-0.3, -0.25) is 9.59 Å². The fraction of sp³-hybridized carbons (Fsp3) is 0.304.